The minimum atomic E-state index is 0.524. The summed E-state index contributed by atoms with van der Waals surface area (Å²) in [5.74, 6) is 0.524. The van der Waals surface area contributed by atoms with E-state index in [4.69, 9.17) is 0 Å². The topological polar surface area (TPSA) is 28.7 Å². The Morgan fingerprint density at radius 3 is 2.65 bits per heavy atom. The molecule has 0 bridgehead atoms. The van der Waals surface area contributed by atoms with E-state index in [1.807, 2.05) is 13.1 Å². The van der Waals surface area contributed by atoms with Gasteiger partial charge < -0.3 is 4.98 Å². The third kappa shape index (κ3) is 1.60. The highest BCUT2D eigenvalue weighted by Gasteiger charge is 2.07. The first kappa shape index (κ1) is 10.3. The third-order valence-electron chi connectivity index (χ3n) is 3.28. The monoisotopic (exact) mass is 224 g/mol. The van der Waals surface area contributed by atoms with Crippen LogP contribution in [0.5, 0.6) is 0 Å². The van der Waals surface area contributed by atoms with Gasteiger partial charge >= 0.3 is 0 Å². The van der Waals surface area contributed by atoms with Gasteiger partial charge in [0.2, 0.25) is 0 Å². The zero-order chi connectivity index (χ0) is 12.0. The van der Waals surface area contributed by atoms with Gasteiger partial charge in [0.05, 0.1) is 5.52 Å². The number of pyridine rings is 1. The summed E-state index contributed by atoms with van der Waals surface area (Å²) >= 11 is 0. The van der Waals surface area contributed by atoms with Gasteiger partial charge in [-0.2, -0.15) is 0 Å². The van der Waals surface area contributed by atoms with Crippen LogP contribution in [0.25, 0.3) is 21.7 Å². The number of fused-ring (bicyclic) bond motifs is 3. The van der Waals surface area contributed by atoms with Crippen LogP contribution < -0.4 is 0 Å². The smallest absolute Gasteiger partial charge is 0.0551 e. The molecule has 3 aromatic rings. The largest absolute Gasteiger partial charge is 0.358 e. The molecule has 0 saturated carbocycles. The van der Waals surface area contributed by atoms with Crippen molar-refractivity contribution in [2.24, 2.45) is 0 Å². The second kappa shape index (κ2) is 3.59. The minimum Gasteiger partial charge on any atom is -0.358 e. The Bertz CT molecular complexity index is 693. The van der Waals surface area contributed by atoms with Crippen LogP contribution in [0.4, 0.5) is 0 Å². The molecule has 17 heavy (non-hydrogen) atoms. The van der Waals surface area contributed by atoms with Crippen molar-refractivity contribution in [1.82, 2.24) is 9.97 Å². The van der Waals surface area contributed by atoms with Crippen LogP contribution >= 0.6 is 0 Å². The Labute approximate surface area is 101 Å². The van der Waals surface area contributed by atoms with Crippen LogP contribution in [-0.4, -0.2) is 9.97 Å². The molecule has 0 radical (unpaired) electrons. The van der Waals surface area contributed by atoms with E-state index in [2.05, 4.69) is 48.1 Å². The second-order valence-corrected chi connectivity index (χ2v) is 4.96. The maximum atomic E-state index is 4.39. The summed E-state index contributed by atoms with van der Waals surface area (Å²) in [5, 5.41) is 3.73. The molecule has 1 aromatic carbocycles. The van der Waals surface area contributed by atoms with Crippen LogP contribution in [0, 0.1) is 6.92 Å². The van der Waals surface area contributed by atoms with Crippen molar-refractivity contribution >= 4 is 21.7 Å². The van der Waals surface area contributed by atoms with Crippen molar-refractivity contribution in [3.05, 3.63) is 41.9 Å². The first-order valence-electron chi connectivity index (χ1n) is 6.03. The Hall–Kier alpha value is -1.83. The van der Waals surface area contributed by atoms with Crippen LogP contribution in [0.15, 0.2) is 30.5 Å². The summed E-state index contributed by atoms with van der Waals surface area (Å²) in [7, 11) is 0. The molecular weight excluding hydrogens is 208 g/mol. The molecule has 2 heterocycles. The van der Waals surface area contributed by atoms with Crippen molar-refractivity contribution in [1.29, 1.82) is 0 Å². The summed E-state index contributed by atoms with van der Waals surface area (Å²) < 4.78 is 0. The number of aromatic nitrogens is 2. The number of aromatic amines is 1. The summed E-state index contributed by atoms with van der Waals surface area (Å²) in [5.41, 5.74) is 3.55. The fourth-order valence-electron chi connectivity index (χ4n) is 2.26. The van der Waals surface area contributed by atoms with E-state index in [-0.39, 0.29) is 0 Å². The van der Waals surface area contributed by atoms with E-state index in [0.717, 1.165) is 5.69 Å². The lowest BCUT2D eigenvalue weighted by Crippen LogP contribution is -1.85. The van der Waals surface area contributed by atoms with Crippen molar-refractivity contribution < 1.29 is 0 Å². The Morgan fingerprint density at radius 2 is 1.88 bits per heavy atom. The van der Waals surface area contributed by atoms with Gasteiger partial charge in [0.15, 0.2) is 0 Å². The Balaban J connectivity index is 2.38. The number of hydrogen-bond acceptors (Lipinski definition) is 1. The first-order valence-corrected chi connectivity index (χ1v) is 6.03. The highest BCUT2D eigenvalue weighted by molar-refractivity contribution is 6.05. The summed E-state index contributed by atoms with van der Waals surface area (Å²) in [6.07, 6.45) is 1.97. The van der Waals surface area contributed by atoms with Crippen LogP contribution in [-0.2, 0) is 0 Å². The highest BCUT2D eigenvalue weighted by atomic mass is 14.7. The predicted molar refractivity (Wildman–Crippen MR) is 72.4 cm³/mol. The summed E-state index contributed by atoms with van der Waals surface area (Å²) in [4.78, 5) is 7.91. The number of nitrogens with one attached hydrogen (secondary N) is 1. The maximum absolute atomic E-state index is 4.39. The third-order valence-corrected chi connectivity index (χ3v) is 3.28. The maximum Gasteiger partial charge on any atom is 0.0551 e. The van der Waals surface area contributed by atoms with Gasteiger partial charge in [-0.1, -0.05) is 26.0 Å². The molecule has 0 atom stereocenters. The van der Waals surface area contributed by atoms with Gasteiger partial charge in [0.1, 0.15) is 0 Å². The average molecular weight is 224 g/mol. The molecule has 86 valence electrons. The number of rotatable bonds is 1. The molecule has 0 aliphatic carbocycles. The van der Waals surface area contributed by atoms with Gasteiger partial charge in [-0.25, -0.2) is 0 Å². The molecule has 2 heteroatoms. The molecule has 0 fully saturated rings. The van der Waals surface area contributed by atoms with E-state index in [9.17, 15) is 0 Å². The molecular formula is C15H16N2. The molecule has 1 N–H and O–H groups in total. The predicted octanol–water partition coefficient (Wildman–Crippen LogP) is 4.15. The molecule has 0 unspecified atom stereocenters. The van der Waals surface area contributed by atoms with Gasteiger partial charge in [0.25, 0.3) is 0 Å². The molecule has 3 rings (SSSR count). The van der Waals surface area contributed by atoms with Crippen molar-refractivity contribution in [2.45, 2.75) is 26.7 Å². The quantitative estimate of drug-likeness (QED) is 0.661. The van der Waals surface area contributed by atoms with Crippen molar-refractivity contribution in [3.8, 4) is 0 Å². The lowest BCUT2D eigenvalue weighted by Gasteiger charge is -2.01. The van der Waals surface area contributed by atoms with E-state index in [1.165, 1.54) is 27.4 Å². The van der Waals surface area contributed by atoms with E-state index in [1.54, 1.807) is 0 Å². The Kier molecular flexibility index (Phi) is 2.18. The molecule has 0 aliphatic rings. The summed E-state index contributed by atoms with van der Waals surface area (Å²) in [6.45, 7) is 6.43. The number of benzene rings is 1. The average Bonchev–Trinajstić information content (AvgIpc) is 2.72. The lowest BCUT2D eigenvalue weighted by molar-refractivity contribution is 0.837. The normalized spacial score (nSPS) is 11.8. The fourth-order valence-corrected chi connectivity index (χ4v) is 2.26. The first-order chi connectivity index (χ1) is 8.15. The molecule has 0 amide bonds. The molecule has 0 spiro atoms. The second-order valence-electron chi connectivity index (χ2n) is 4.96. The van der Waals surface area contributed by atoms with Crippen LogP contribution in [0.3, 0.4) is 0 Å². The zero-order valence-corrected chi connectivity index (χ0v) is 10.4. The fraction of sp³-hybridized carbons (Fsp3) is 0.267. The van der Waals surface area contributed by atoms with Crippen molar-refractivity contribution in [3.63, 3.8) is 0 Å². The molecule has 2 aromatic heterocycles. The van der Waals surface area contributed by atoms with Gasteiger partial charge in [-0.15, -0.1) is 0 Å². The number of aryl methyl sites for hydroxylation is 1. The lowest BCUT2D eigenvalue weighted by atomic mass is 10.1. The Morgan fingerprint density at radius 1 is 1.12 bits per heavy atom. The zero-order valence-electron chi connectivity index (χ0n) is 10.4. The van der Waals surface area contributed by atoms with Crippen LogP contribution in [0.1, 0.15) is 31.2 Å². The highest BCUT2D eigenvalue weighted by Crippen LogP contribution is 2.27. The number of H-pyrrole nitrogens is 1. The number of nitrogens with zero attached hydrogens (tertiary/aromatic N) is 1. The minimum absolute atomic E-state index is 0.524. The molecule has 0 aliphatic heterocycles. The van der Waals surface area contributed by atoms with Crippen molar-refractivity contribution in [2.75, 3.05) is 0 Å². The SMILES string of the molecule is Cc1cc2ccc3cc(C(C)C)[nH]c3c2cn1. The number of hydrogen-bond donors (Lipinski definition) is 1. The molecule has 0 saturated heterocycles. The van der Waals surface area contributed by atoms with Gasteiger partial charge in [0, 0.05) is 28.4 Å². The summed E-state index contributed by atoms with van der Waals surface area (Å²) in [6, 6.07) is 8.72. The van der Waals surface area contributed by atoms with Crippen LogP contribution in [0.2, 0.25) is 0 Å². The molecule has 2 nitrogen and oxygen atoms in total. The van der Waals surface area contributed by atoms with E-state index >= 15 is 0 Å². The van der Waals surface area contributed by atoms with Gasteiger partial charge in [-0.3, -0.25) is 4.98 Å². The van der Waals surface area contributed by atoms with E-state index < -0.39 is 0 Å². The standard InChI is InChI=1S/C15H16N2/c1-9(2)14-7-12-5-4-11-6-10(3)16-8-13(11)15(12)17-14/h4-9,17H,1-3H3. The van der Waals surface area contributed by atoms with Gasteiger partial charge in [-0.05, 0) is 30.4 Å². The van der Waals surface area contributed by atoms with E-state index in [0.29, 0.717) is 5.92 Å².